The molecular weight excluding hydrogens is 1750 g/mol. The Balaban J connectivity index is -0.000000764. The summed E-state index contributed by atoms with van der Waals surface area (Å²) in [5, 5.41) is 47.5. The van der Waals surface area contributed by atoms with Crippen molar-refractivity contribution in [1.82, 2.24) is 0 Å². The van der Waals surface area contributed by atoms with Crippen LogP contribution in [0.2, 0.25) is 0 Å². The third-order valence-corrected chi connectivity index (χ3v) is 15.6. The monoisotopic (exact) mass is 1890 g/mol. The fraction of sp³-hybridized carbons (Fsp3) is 0.495. The van der Waals surface area contributed by atoms with Gasteiger partial charge in [-0.3, -0.25) is 0 Å². The van der Waals surface area contributed by atoms with Crippen molar-refractivity contribution in [3.05, 3.63) is 212 Å². The number of esters is 12. The summed E-state index contributed by atoms with van der Waals surface area (Å²) < 4.78 is 104. The van der Waals surface area contributed by atoms with Gasteiger partial charge in [0.25, 0.3) is 0 Å². The molecule has 0 bridgehead atoms. The molecule has 133 heavy (non-hydrogen) atoms. The van der Waals surface area contributed by atoms with Crippen LogP contribution in [0.4, 0.5) is 0 Å². The van der Waals surface area contributed by atoms with Crippen molar-refractivity contribution in [2.45, 2.75) is 115 Å². The molecule has 0 saturated heterocycles. The largest absolute Gasteiger partial charge is 0.490 e. The maximum absolute atomic E-state index is 11.0. The van der Waals surface area contributed by atoms with Crippen molar-refractivity contribution >= 4 is 71.6 Å². The van der Waals surface area contributed by atoms with E-state index in [-0.39, 0.29) is 151 Å². The number of rotatable bonds is 72. The Kier molecular flexibility index (Phi) is 83.1. The van der Waals surface area contributed by atoms with Gasteiger partial charge in [-0.2, -0.15) is 0 Å². The van der Waals surface area contributed by atoms with Crippen LogP contribution in [0.5, 0.6) is 11.5 Å². The van der Waals surface area contributed by atoms with E-state index in [1.807, 2.05) is 62.4 Å². The molecule has 0 aliphatic heterocycles. The van der Waals surface area contributed by atoms with E-state index in [1.54, 1.807) is 0 Å². The van der Waals surface area contributed by atoms with Crippen LogP contribution in [0.25, 0.3) is 0 Å². The van der Waals surface area contributed by atoms with E-state index in [2.05, 4.69) is 121 Å². The average Bonchev–Trinajstić information content (AvgIpc) is 0.802. The quantitative estimate of drug-likeness (QED) is 0.0185. The van der Waals surface area contributed by atoms with Crippen LogP contribution in [0, 0.1) is 5.41 Å². The van der Waals surface area contributed by atoms with Crippen LogP contribution in [-0.4, -0.2) is 313 Å². The molecular formula is C95H138O38. The lowest BCUT2D eigenvalue weighted by molar-refractivity contribution is -0.147. The van der Waals surface area contributed by atoms with Gasteiger partial charge in [-0.15, -0.1) is 0 Å². The molecule has 38 heteroatoms. The molecule has 5 N–H and O–H groups in total. The van der Waals surface area contributed by atoms with Gasteiger partial charge in [0.1, 0.15) is 121 Å². The van der Waals surface area contributed by atoms with E-state index < -0.39 is 108 Å². The molecule has 0 aliphatic carbocycles. The first-order valence-electron chi connectivity index (χ1n) is 42.0. The minimum atomic E-state index is -1.02. The molecule has 0 aromatic heterocycles. The summed E-state index contributed by atoms with van der Waals surface area (Å²) in [6, 6.07) is 15.7. The lowest BCUT2D eigenvalue weighted by Crippen LogP contribution is -2.30. The van der Waals surface area contributed by atoms with E-state index in [0.717, 1.165) is 135 Å². The number of ether oxygens (including phenoxy) is 21. The lowest BCUT2D eigenvalue weighted by atomic mass is 9.78. The van der Waals surface area contributed by atoms with Gasteiger partial charge >= 0.3 is 71.6 Å². The maximum atomic E-state index is 11.0. The Morgan fingerprint density at radius 1 is 0.233 bits per heavy atom. The summed E-state index contributed by atoms with van der Waals surface area (Å²) in [5.74, 6) is -4.78. The van der Waals surface area contributed by atoms with Crippen LogP contribution >= 0.6 is 0 Å². The Hall–Kier alpha value is -11.9. The van der Waals surface area contributed by atoms with Crippen molar-refractivity contribution in [2.24, 2.45) is 5.41 Å². The number of hydrogen-bond acceptors (Lipinski definition) is 38. The Morgan fingerprint density at radius 3 is 0.654 bits per heavy atom. The van der Waals surface area contributed by atoms with Crippen LogP contribution in [0.15, 0.2) is 200 Å². The topological polar surface area (TPSA) is 500 Å². The maximum Gasteiger partial charge on any atom is 0.330 e. The lowest BCUT2D eigenvalue weighted by Gasteiger charge is -2.26. The zero-order chi connectivity index (χ0) is 101. The van der Waals surface area contributed by atoms with E-state index in [9.17, 15) is 83.1 Å². The highest BCUT2D eigenvalue weighted by Gasteiger charge is 2.25. The van der Waals surface area contributed by atoms with Crippen LogP contribution in [-0.2, 0) is 153 Å². The van der Waals surface area contributed by atoms with E-state index in [4.69, 9.17) is 71.1 Å². The highest BCUT2D eigenvalue weighted by Crippen LogP contribution is 2.33. The molecule has 38 nitrogen and oxygen atoms in total. The van der Waals surface area contributed by atoms with Gasteiger partial charge in [0, 0.05) is 110 Å². The fourth-order valence-corrected chi connectivity index (χ4v) is 8.70. The average molecular weight is 1890 g/mol. The van der Waals surface area contributed by atoms with Gasteiger partial charge in [-0.25, -0.2) is 57.5 Å². The summed E-state index contributed by atoms with van der Waals surface area (Å²) in [6.07, 6.45) is 15.8. The molecule has 0 fully saturated rings. The normalized spacial score (nSPS) is 11.4. The second-order valence-electron chi connectivity index (χ2n) is 27.9. The molecule has 0 aliphatic rings. The summed E-state index contributed by atoms with van der Waals surface area (Å²) in [7, 11) is 0. The molecule has 0 saturated carbocycles. The zero-order valence-electron chi connectivity index (χ0n) is 77.1. The number of carbonyl (C=O) groups excluding carboxylic acids is 12. The number of unbranched alkanes of at least 4 members (excludes halogenated alkanes) is 6. The highest BCUT2D eigenvalue weighted by molar-refractivity contribution is 5.85. The van der Waals surface area contributed by atoms with Gasteiger partial charge in [0.05, 0.1) is 79.3 Å². The van der Waals surface area contributed by atoms with Crippen LogP contribution in [0.3, 0.4) is 0 Å². The first-order valence-corrected chi connectivity index (χ1v) is 42.0. The van der Waals surface area contributed by atoms with Crippen molar-refractivity contribution in [1.29, 1.82) is 0 Å². The SMILES string of the molecule is C=CC(=O)OCC(C)(C)COC(=O)C=C.C=CC(=O)OCC(O)COCC(O)COCC(O)COC(=O)C=C.C=CC(=O)OCC(O)COCCCCCCOCC(O)COC(=O)C=C.C=CC(=O)OCCOCCCCCCOCCOC(=O)C=C.C=CC(=O)OCCOCCOC(=O)C=C.C=CC(=O)OCCOc1ccc(C(C)(C)c2ccc(OCCOC(=O)C=C)cc2)cc1. The van der Waals surface area contributed by atoms with Crippen LogP contribution in [0.1, 0.15) is 90.2 Å². The Bertz CT molecular complexity index is 3450. The first-order chi connectivity index (χ1) is 63.5. The summed E-state index contributed by atoms with van der Waals surface area (Å²) in [4.78, 5) is 129. The van der Waals surface area contributed by atoms with Gasteiger partial charge in [-0.1, -0.05) is 157 Å². The van der Waals surface area contributed by atoms with E-state index in [0.29, 0.717) is 51.1 Å². The van der Waals surface area contributed by atoms with Gasteiger partial charge in [-0.05, 0) is 61.1 Å². The molecule has 4 atom stereocenters. The Morgan fingerprint density at radius 2 is 0.421 bits per heavy atom. The summed E-state index contributed by atoms with van der Waals surface area (Å²) in [5.41, 5.74) is 1.61. The predicted molar refractivity (Wildman–Crippen MR) is 486 cm³/mol. The number of hydrogen-bond donors (Lipinski definition) is 5. The molecule has 4 unspecified atom stereocenters. The number of carbonyl (C=O) groups is 12. The molecule has 2 aromatic carbocycles. The van der Waals surface area contributed by atoms with Crippen molar-refractivity contribution in [3.63, 3.8) is 0 Å². The number of benzene rings is 2. The first kappa shape index (κ1) is 127. The minimum Gasteiger partial charge on any atom is -0.490 e. The number of aliphatic hydroxyl groups is 5. The summed E-state index contributed by atoms with van der Waals surface area (Å²) >= 11 is 0. The second kappa shape index (κ2) is 86.8. The fourth-order valence-electron chi connectivity index (χ4n) is 8.70. The predicted octanol–water partition coefficient (Wildman–Crippen LogP) is 7.52. The van der Waals surface area contributed by atoms with Crippen molar-refractivity contribution < 1.29 is 183 Å². The van der Waals surface area contributed by atoms with Crippen LogP contribution < -0.4 is 9.47 Å². The smallest absolute Gasteiger partial charge is 0.330 e. The van der Waals surface area contributed by atoms with Gasteiger partial charge < -0.3 is 125 Å². The minimum absolute atomic E-state index is 0.110. The molecule has 0 heterocycles. The standard InChI is InChI=1S/C25H28O6.C18H30O8.C16H26O6.C15H24O9.C11H16O4.C10H14O5/c1-5-23(26)30-17-15-28-21-11-7-19(8-12-21)25(3,4)20-9-13-22(14-10-20)29-16-18-31-24(27)6-2;1-3-17(21)25-13-15(19)11-23-9-7-5-6-8-10-24-12-16(20)14-26-18(22)4-2;1-3-15(17)21-13-11-19-9-7-5-6-8-10-20-12-14-22-16(18)4-2;1-3-14(19)23-9-12(17)7-21-5-11(16)6-22-8-13(18)10-24-15(20)4-2;1-5-9(12)14-7-11(3,4)8-15-10(13)6-2;1-3-9(11)14-7-5-13-6-8-15-10(12)4-2/h5-14H,1-2,15-18H2,3-4H3;3-4,15-16,19-20H,1-2,5-14H2;3-4H,1-2,5-14H2;3-4,11-13,16-18H,1-2,5-10H2;5-6H,1-2,7-8H2,3-4H3;3-4H,1-2,5-8H2. The molecule has 746 valence electrons. The third-order valence-electron chi connectivity index (χ3n) is 15.6. The molecule has 2 rings (SSSR count). The van der Waals surface area contributed by atoms with E-state index >= 15 is 0 Å². The summed E-state index contributed by atoms with van der Waals surface area (Å²) in [6.45, 7) is 51.9. The van der Waals surface area contributed by atoms with Crippen molar-refractivity contribution in [2.75, 3.05) is 185 Å². The van der Waals surface area contributed by atoms with Gasteiger partial charge in [0.2, 0.25) is 0 Å². The Labute approximate surface area is 779 Å². The zero-order valence-corrected chi connectivity index (χ0v) is 77.1. The molecule has 2 aromatic rings. The molecule has 0 spiro atoms. The number of aliphatic hydroxyl groups excluding tert-OH is 5. The highest BCUT2D eigenvalue weighted by atomic mass is 16.6. The van der Waals surface area contributed by atoms with Crippen molar-refractivity contribution in [3.8, 4) is 11.5 Å². The van der Waals surface area contributed by atoms with E-state index in [1.165, 1.54) is 0 Å². The third kappa shape index (κ3) is 82.9. The molecule has 0 amide bonds. The molecule has 0 radical (unpaired) electrons. The second-order valence-corrected chi connectivity index (χ2v) is 27.9. The van der Waals surface area contributed by atoms with Gasteiger partial charge in [0.15, 0.2) is 0 Å².